The van der Waals surface area contributed by atoms with Crippen molar-refractivity contribution in [2.45, 2.75) is 18.6 Å². The number of benzene rings is 1. The Morgan fingerprint density at radius 2 is 1.65 bits per heavy atom. The van der Waals surface area contributed by atoms with Crippen molar-refractivity contribution in [1.82, 2.24) is 10.2 Å². The SMILES string of the molecule is FC(F)(F)Oc1cc(Br)cc([C@@H](N2CCNCC2)C(F)(F)F)c1. The maximum absolute atomic E-state index is 13.5. The Morgan fingerprint density at radius 1 is 1.04 bits per heavy atom. The smallest absolute Gasteiger partial charge is 0.406 e. The maximum Gasteiger partial charge on any atom is 0.573 e. The minimum atomic E-state index is -4.97. The van der Waals surface area contributed by atoms with Crippen LogP contribution in [0, 0.1) is 0 Å². The second-order valence-electron chi connectivity index (χ2n) is 5.00. The van der Waals surface area contributed by atoms with Crippen LogP contribution in [0.15, 0.2) is 22.7 Å². The van der Waals surface area contributed by atoms with E-state index < -0.39 is 24.3 Å². The Bertz CT molecular complexity index is 542. The van der Waals surface area contributed by atoms with Crippen LogP contribution in [0.4, 0.5) is 26.3 Å². The van der Waals surface area contributed by atoms with Gasteiger partial charge in [-0.25, -0.2) is 0 Å². The van der Waals surface area contributed by atoms with Gasteiger partial charge in [0.15, 0.2) is 0 Å². The number of hydrogen-bond donors (Lipinski definition) is 1. The largest absolute Gasteiger partial charge is 0.573 e. The van der Waals surface area contributed by atoms with Gasteiger partial charge in [-0.2, -0.15) is 13.2 Å². The van der Waals surface area contributed by atoms with E-state index in [1.54, 1.807) is 0 Å². The molecule has 1 aromatic rings. The Hall–Kier alpha value is -1.00. The average molecular weight is 407 g/mol. The third-order valence-corrected chi connectivity index (χ3v) is 3.73. The highest BCUT2D eigenvalue weighted by Crippen LogP contribution is 2.40. The van der Waals surface area contributed by atoms with Crippen LogP contribution in [0.1, 0.15) is 11.6 Å². The molecule has 0 radical (unpaired) electrons. The van der Waals surface area contributed by atoms with E-state index in [1.807, 2.05) is 0 Å². The summed E-state index contributed by atoms with van der Waals surface area (Å²) in [4.78, 5) is 1.19. The summed E-state index contributed by atoms with van der Waals surface area (Å²) in [5.74, 6) is -0.689. The molecule has 1 aromatic carbocycles. The van der Waals surface area contributed by atoms with Gasteiger partial charge in [0.05, 0.1) is 0 Å². The van der Waals surface area contributed by atoms with E-state index in [2.05, 4.69) is 26.0 Å². The fourth-order valence-corrected chi connectivity index (χ4v) is 2.97. The van der Waals surface area contributed by atoms with E-state index in [4.69, 9.17) is 0 Å². The minimum Gasteiger partial charge on any atom is -0.406 e. The zero-order valence-corrected chi connectivity index (χ0v) is 13.2. The summed E-state index contributed by atoms with van der Waals surface area (Å²) in [5, 5.41) is 2.93. The second-order valence-corrected chi connectivity index (χ2v) is 5.91. The number of rotatable bonds is 3. The standard InChI is InChI=1S/C13H13BrF6N2O/c14-9-5-8(6-10(7-9)23-13(18,19)20)11(12(15,16)17)22-3-1-21-2-4-22/h5-7,11,21H,1-4H2/t11-/m1/s1. The van der Waals surface area contributed by atoms with E-state index in [9.17, 15) is 26.3 Å². The number of nitrogens with zero attached hydrogens (tertiary/aromatic N) is 1. The minimum absolute atomic E-state index is 0.0821. The van der Waals surface area contributed by atoms with Crippen LogP contribution in [-0.4, -0.2) is 43.6 Å². The summed E-state index contributed by atoms with van der Waals surface area (Å²) < 4.78 is 81.1. The molecule has 1 atom stereocenters. The molecule has 0 aromatic heterocycles. The molecule has 1 aliphatic rings. The molecule has 23 heavy (non-hydrogen) atoms. The monoisotopic (exact) mass is 406 g/mol. The van der Waals surface area contributed by atoms with Crippen molar-refractivity contribution in [3.05, 3.63) is 28.2 Å². The van der Waals surface area contributed by atoms with Gasteiger partial charge in [-0.1, -0.05) is 15.9 Å². The molecule has 0 aliphatic carbocycles. The van der Waals surface area contributed by atoms with Gasteiger partial charge in [0.1, 0.15) is 11.8 Å². The zero-order valence-electron chi connectivity index (χ0n) is 11.6. The van der Waals surface area contributed by atoms with E-state index in [0.29, 0.717) is 13.1 Å². The van der Waals surface area contributed by atoms with Gasteiger partial charge in [0, 0.05) is 30.7 Å². The van der Waals surface area contributed by atoms with Crippen molar-refractivity contribution >= 4 is 15.9 Å². The molecule has 10 heteroatoms. The molecule has 0 spiro atoms. The molecular formula is C13H13BrF6N2O. The molecule has 0 unspecified atom stereocenters. The van der Waals surface area contributed by atoms with Crippen LogP contribution in [0.5, 0.6) is 5.75 Å². The fourth-order valence-electron chi connectivity index (χ4n) is 2.48. The van der Waals surface area contributed by atoms with Gasteiger partial charge in [0.2, 0.25) is 0 Å². The predicted molar refractivity (Wildman–Crippen MR) is 74.1 cm³/mol. The molecule has 0 saturated carbocycles. The summed E-state index contributed by atoms with van der Waals surface area (Å²) in [5.41, 5.74) is -0.298. The van der Waals surface area contributed by atoms with Crippen LogP contribution in [0.25, 0.3) is 0 Å². The van der Waals surface area contributed by atoms with Gasteiger partial charge < -0.3 is 10.1 Å². The second kappa shape index (κ2) is 6.86. The summed E-state index contributed by atoms with van der Waals surface area (Å²) in [6.07, 6.45) is -9.59. The number of hydrogen-bond acceptors (Lipinski definition) is 3. The van der Waals surface area contributed by atoms with Crippen molar-refractivity contribution in [2.24, 2.45) is 0 Å². The van der Waals surface area contributed by atoms with Crippen LogP contribution in [0.2, 0.25) is 0 Å². The van der Waals surface area contributed by atoms with E-state index in [-0.39, 0.29) is 23.1 Å². The molecule has 1 fully saturated rings. The molecule has 0 amide bonds. The topological polar surface area (TPSA) is 24.5 Å². The van der Waals surface area contributed by atoms with Crippen LogP contribution in [0.3, 0.4) is 0 Å². The molecular weight excluding hydrogens is 394 g/mol. The van der Waals surface area contributed by atoms with Gasteiger partial charge in [-0.15, -0.1) is 13.2 Å². The van der Waals surface area contributed by atoms with Crippen LogP contribution >= 0.6 is 15.9 Å². The highest BCUT2D eigenvalue weighted by Gasteiger charge is 2.45. The quantitative estimate of drug-likeness (QED) is 0.771. The Balaban J connectivity index is 2.38. The first-order chi connectivity index (χ1) is 10.6. The first-order valence-corrected chi connectivity index (χ1v) is 7.43. The molecule has 1 aliphatic heterocycles. The van der Waals surface area contributed by atoms with E-state index >= 15 is 0 Å². The van der Waals surface area contributed by atoms with Gasteiger partial charge in [0.25, 0.3) is 0 Å². The first-order valence-electron chi connectivity index (χ1n) is 6.64. The van der Waals surface area contributed by atoms with Gasteiger partial charge in [-0.3, -0.25) is 4.90 Å². The highest BCUT2D eigenvalue weighted by atomic mass is 79.9. The summed E-state index contributed by atoms with van der Waals surface area (Å²) >= 11 is 2.93. The lowest BCUT2D eigenvalue weighted by atomic mass is 10.0. The maximum atomic E-state index is 13.5. The summed E-state index contributed by atoms with van der Waals surface area (Å²) in [6, 6.07) is 0.919. The predicted octanol–water partition coefficient (Wildman–Crippen LogP) is 3.86. The van der Waals surface area contributed by atoms with Crippen molar-refractivity contribution in [3.8, 4) is 5.75 Å². The molecule has 130 valence electrons. The van der Waals surface area contributed by atoms with Crippen molar-refractivity contribution < 1.29 is 31.1 Å². The molecule has 1 heterocycles. The number of piperazine rings is 1. The van der Waals surface area contributed by atoms with Gasteiger partial charge >= 0.3 is 12.5 Å². The Kier molecular flexibility index (Phi) is 5.47. The van der Waals surface area contributed by atoms with Crippen molar-refractivity contribution in [3.63, 3.8) is 0 Å². The lowest BCUT2D eigenvalue weighted by molar-refractivity contribution is -0.274. The highest BCUT2D eigenvalue weighted by molar-refractivity contribution is 9.10. The normalized spacial score (nSPS) is 18.7. The lowest BCUT2D eigenvalue weighted by Crippen LogP contribution is -2.49. The molecule has 2 rings (SSSR count). The number of ether oxygens (including phenoxy) is 1. The third-order valence-electron chi connectivity index (χ3n) is 3.27. The van der Waals surface area contributed by atoms with E-state index in [0.717, 1.165) is 18.2 Å². The summed E-state index contributed by atoms with van der Waals surface area (Å²) in [7, 11) is 0. The Morgan fingerprint density at radius 3 is 2.17 bits per heavy atom. The van der Waals surface area contributed by atoms with Crippen LogP contribution in [-0.2, 0) is 0 Å². The Labute approximate surface area is 136 Å². The molecule has 1 saturated heterocycles. The lowest BCUT2D eigenvalue weighted by Gasteiger charge is -2.36. The molecule has 1 N–H and O–H groups in total. The number of halogens is 7. The van der Waals surface area contributed by atoms with E-state index in [1.165, 1.54) is 4.90 Å². The number of alkyl halides is 6. The van der Waals surface area contributed by atoms with Crippen LogP contribution < -0.4 is 10.1 Å². The van der Waals surface area contributed by atoms with Crippen molar-refractivity contribution in [2.75, 3.05) is 26.2 Å². The fraction of sp³-hybridized carbons (Fsp3) is 0.538. The third kappa shape index (κ3) is 5.25. The van der Waals surface area contributed by atoms with Gasteiger partial charge in [-0.05, 0) is 23.8 Å². The summed E-state index contributed by atoms with van der Waals surface area (Å²) in [6.45, 7) is 1.05. The average Bonchev–Trinajstić information content (AvgIpc) is 2.35. The molecule has 3 nitrogen and oxygen atoms in total. The molecule has 0 bridgehead atoms. The number of nitrogens with one attached hydrogen (secondary N) is 1. The zero-order chi connectivity index (χ0) is 17.3. The van der Waals surface area contributed by atoms with Crippen molar-refractivity contribution in [1.29, 1.82) is 0 Å². The first kappa shape index (κ1) is 18.3.